The minimum Gasteiger partial charge on any atom is -0.274 e. The number of aryl methyl sites for hydroxylation is 3. The molecule has 0 saturated heterocycles. The van der Waals surface area contributed by atoms with E-state index in [9.17, 15) is 4.79 Å². The average Bonchev–Trinajstić information content (AvgIpc) is 3.39. The van der Waals surface area contributed by atoms with Crippen LogP contribution in [0.3, 0.4) is 0 Å². The van der Waals surface area contributed by atoms with Gasteiger partial charge in [0.15, 0.2) is 9.47 Å². The van der Waals surface area contributed by atoms with Crippen LogP contribution < -0.4 is 4.90 Å². The van der Waals surface area contributed by atoms with Gasteiger partial charge in [0.1, 0.15) is 0 Å². The highest BCUT2D eigenvalue weighted by Gasteiger charge is 2.22. The molecule has 0 radical (unpaired) electrons. The zero-order valence-electron chi connectivity index (χ0n) is 17.9. The van der Waals surface area contributed by atoms with Gasteiger partial charge in [-0.25, -0.2) is 9.97 Å². The van der Waals surface area contributed by atoms with Gasteiger partial charge in [0, 0.05) is 29.0 Å². The summed E-state index contributed by atoms with van der Waals surface area (Å²) in [4.78, 5) is 23.8. The van der Waals surface area contributed by atoms with Crippen LogP contribution >= 0.6 is 34.4 Å². The fourth-order valence-electron chi connectivity index (χ4n) is 3.58. The van der Waals surface area contributed by atoms with Crippen LogP contribution in [-0.2, 0) is 10.5 Å². The van der Waals surface area contributed by atoms with Gasteiger partial charge < -0.3 is 0 Å². The van der Waals surface area contributed by atoms with E-state index in [1.165, 1.54) is 16.9 Å². The van der Waals surface area contributed by atoms with Crippen molar-refractivity contribution in [2.24, 2.45) is 0 Å². The fourth-order valence-corrected chi connectivity index (χ4v) is 6.28. The molecule has 4 nitrogen and oxygen atoms in total. The van der Waals surface area contributed by atoms with E-state index in [1.54, 1.807) is 34.9 Å². The quantitative estimate of drug-likeness (QED) is 0.283. The van der Waals surface area contributed by atoms with Crippen molar-refractivity contribution in [1.29, 1.82) is 0 Å². The number of nitrogens with zero attached hydrogens (tertiary/aromatic N) is 3. The molecule has 0 spiro atoms. The molecule has 2 aromatic heterocycles. The van der Waals surface area contributed by atoms with E-state index in [0.29, 0.717) is 5.13 Å². The maximum absolute atomic E-state index is 12.5. The van der Waals surface area contributed by atoms with Crippen LogP contribution in [0.15, 0.2) is 57.6 Å². The molecule has 2 heterocycles. The fraction of sp³-hybridized carbons (Fsp3) is 0.208. The Morgan fingerprint density at radius 3 is 2.39 bits per heavy atom. The number of aromatic nitrogens is 2. The summed E-state index contributed by atoms with van der Waals surface area (Å²) in [7, 11) is 0. The van der Waals surface area contributed by atoms with E-state index in [4.69, 9.17) is 9.97 Å². The lowest BCUT2D eigenvalue weighted by Crippen LogP contribution is -2.24. The summed E-state index contributed by atoms with van der Waals surface area (Å²) < 4.78 is 1.02. The van der Waals surface area contributed by atoms with Crippen molar-refractivity contribution in [2.45, 2.75) is 37.8 Å². The Hall–Kier alpha value is -2.48. The van der Waals surface area contributed by atoms with E-state index in [-0.39, 0.29) is 5.91 Å². The van der Waals surface area contributed by atoms with Crippen molar-refractivity contribution in [3.05, 3.63) is 75.6 Å². The molecule has 158 valence electrons. The van der Waals surface area contributed by atoms with Crippen molar-refractivity contribution in [3.8, 4) is 11.3 Å². The molecule has 0 saturated carbocycles. The Balaban J connectivity index is 1.51. The third kappa shape index (κ3) is 4.89. The lowest BCUT2D eigenvalue weighted by atomic mass is 10.0. The number of thioether (sulfide) groups is 1. The van der Waals surface area contributed by atoms with E-state index in [0.717, 1.165) is 43.9 Å². The van der Waals surface area contributed by atoms with E-state index in [2.05, 4.69) is 36.6 Å². The summed E-state index contributed by atoms with van der Waals surface area (Å²) in [5.41, 5.74) is 7.36. The second kappa shape index (κ2) is 9.34. The molecule has 0 unspecified atom stereocenters. The van der Waals surface area contributed by atoms with Crippen molar-refractivity contribution in [2.75, 3.05) is 4.90 Å². The molecule has 7 heteroatoms. The highest BCUT2D eigenvalue weighted by atomic mass is 32.2. The first-order valence-corrected chi connectivity index (χ1v) is 12.6. The monoisotopic (exact) mass is 465 g/mol. The first kappa shape index (κ1) is 21.7. The van der Waals surface area contributed by atoms with Gasteiger partial charge in [-0.1, -0.05) is 59.8 Å². The number of hydrogen-bond donors (Lipinski definition) is 0. The summed E-state index contributed by atoms with van der Waals surface area (Å²) in [6, 6.07) is 14.4. The van der Waals surface area contributed by atoms with Crippen LogP contribution in [0.5, 0.6) is 0 Å². The zero-order chi connectivity index (χ0) is 22.0. The summed E-state index contributed by atoms with van der Waals surface area (Å²) >= 11 is 4.82. The first-order valence-electron chi connectivity index (χ1n) is 9.89. The highest BCUT2D eigenvalue weighted by Crippen LogP contribution is 2.36. The Morgan fingerprint density at radius 2 is 1.71 bits per heavy atom. The van der Waals surface area contributed by atoms with Crippen molar-refractivity contribution >= 4 is 51.2 Å². The molecule has 2 aromatic carbocycles. The highest BCUT2D eigenvalue weighted by molar-refractivity contribution is 8.00. The average molecular weight is 466 g/mol. The molecule has 0 fully saturated rings. The Labute approximate surface area is 195 Å². The van der Waals surface area contributed by atoms with Gasteiger partial charge in [0.05, 0.1) is 17.1 Å². The number of benzene rings is 2. The van der Waals surface area contributed by atoms with Gasteiger partial charge >= 0.3 is 0 Å². The molecular formula is C24H23N3OS3. The minimum absolute atomic E-state index is 0.0315. The lowest BCUT2D eigenvalue weighted by Gasteiger charge is -2.23. The van der Waals surface area contributed by atoms with Crippen LogP contribution in [0.2, 0.25) is 0 Å². The third-order valence-corrected chi connectivity index (χ3v) is 7.73. The lowest BCUT2D eigenvalue weighted by molar-refractivity contribution is -0.115. The molecule has 0 aliphatic rings. The number of thiazole rings is 2. The third-order valence-electron chi connectivity index (χ3n) is 4.80. The zero-order valence-corrected chi connectivity index (χ0v) is 20.3. The van der Waals surface area contributed by atoms with Crippen molar-refractivity contribution in [3.63, 3.8) is 0 Å². The molecule has 0 aliphatic heterocycles. The second-order valence-corrected chi connectivity index (χ2v) is 10.3. The van der Waals surface area contributed by atoms with Crippen LogP contribution in [-0.4, -0.2) is 15.9 Å². The molecule has 4 aromatic rings. The smallest absolute Gasteiger partial charge is 0.230 e. The maximum atomic E-state index is 12.5. The van der Waals surface area contributed by atoms with Gasteiger partial charge in [-0.2, -0.15) is 0 Å². The van der Waals surface area contributed by atoms with E-state index in [1.807, 2.05) is 37.4 Å². The van der Waals surface area contributed by atoms with Gasteiger partial charge in [0.2, 0.25) is 5.91 Å². The molecule has 0 N–H and O–H groups in total. The molecule has 31 heavy (non-hydrogen) atoms. The largest absolute Gasteiger partial charge is 0.274 e. The van der Waals surface area contributed by atoms with Crippen LogP contribution in [0.25, 0.3) is 11.3 Å². The Bertz CT molecular complexity index is 1190. The second-order valence-electron chi connectivity index (χ2n) is 7.38. The molecule has 0 bridgehead atoms. The predicted molar refractivity (Wildman–Crippen MR) is 133 cm³/mol. The van der Waals surface area contributed by atoms with E-state index < -0.39 is 0 Å². The normalized spacial score (nSPS) is 11.0. The Kier molecular flexibility index (Phi) is 6.55. The van der Waals surface area contributed by atoms with Gasteiger partial charge in [-0.05, 0) is 31.9 Å². The van der Waals surface area contributed by atoms with Gasteiger partial charge in [-0.3, -0.25) is 9.69 Å². The number of hydrogen-bond acceptors (Lipinski definition) is 6. The van der Waals surface area contributed by atoms with Gasteiger partial charge in [0.25, 0.3) is 0 Å². The predicted octanol–water partition coefficient (Wildman–Crippen LogP) is 7.17. The minimum atomic E-state index is -0.0315. The number of carbonyl (C=O) groups excluding carboxylic acids is 1. The van der Waals surface area contributed by atoms with Crippen LogP contribution in [0.4, 0.5) is 10.8 Å². The van der Waals surface area contributed by atoms with E-state index >= 15 is 0 Å². The summed E-state index contributed by atoms with van der Waals surface area (Å²) in [5, 5.41) is 4.83. The Morgan fingerprint density at radius 1 is 1.00 bits per heavy atom. The van der Waals surface area contributed by atoms with Crippen molar-refractivity contribution < 1.29 is 4.79 Å². The summed E-state index contributed by atoms with van der Waals surface area (Å²) in [6.07, 6.45) is 0. The molecule has 0 aliphatic carbocycles. The van der Waals surface area contributed by atoms with Gasteiger partial charge in [-0.15, -0.1) is 22.7 Å². The SMILES string of the molecule is CC(=O)N(c1nc(CSc2nc(-c3ccccc3)cs2)cs1)c1c(C)cc(C)cc1C. The summed E-state index contributed by atoms with van der Waals surface area (Å²) in [6.45, 7) is 7.75. The number of amides is 1. The van der Waals surface area contributed by atoms with Crippen molar-refractivity contribution in [1.82, 2.24) is 9.97 Å². The van der Waals surface area contributed by atoms with Crippen LogP contribution in [0.1, 0.15) is 29.3 Å². The molecule has 0 atom stereocenters. The standard InChI is InChI=1S/C24H23N3OS3/c1-15-10-16(2)22(17(3)11-15)27(18(4)28)23-25-20(12-29-23)13-30-24-26-21(14-31-24)19-8-6-5-7-9-19/h5-12,14H,13H2,1-4H3. The molecular weight excluding hydrogens is 442 g/mol. The summed E-state index contributed by atoms with van der Waals surface area (Å²) in [5.74, 6) is 0.687. The number of carbonyl (C=O) groups is 1. The van der Waals surface area contributed by atoms with Crippen LogP contribution in [0, 0.1) is 20.8 Å². The topological polar surface area (TPSA) is 46.1 Å². The molecule has 1 amide bonds. The maximum Gasteiger partial charge on any atom is 0.230 e. The number of anilines is 2. The molecule has 4 rings (SSSR count). The first-order chi connectivity index (χ1) is 14.9. The number of rotatable bonds is 6.